The SMILES string of the molecule is OCn1nnc(-c2cccc(Br)c2)c1-c1ccccc1. The molecule has 3 aromatic rings. The molecule has 0 aliphatic heterocycles. The summed E-state index contributed by atoms with van der Waals surface area (Å²) in [4.78, 5) is 0. The summed E-state index contributed by atoms with van der Waals surface area (Å²) in [5.41, 5.74) is 3.50. The molecule has 0 unspecified atom stereocenters. The maximum absolute atomic E-state index is 9.45. The van der Waals surface area contributed by atoms with Gasteiger partial charge in [-0.3, -0.25) is 0 Å². The molecule has 3 rings (SSSR count). The Morgan fingerprint density at radius 3 is 2.45 bits per heavy atom. The normalized spacial score (nSPS) is 10.7. The van der Waals surface area contributed by atoms with Gasteiger partial charge in [0.1, 0.15) is 12.4 Å². The molecule has 4 nitrogen and oxygen atoms in total. The Labute approximate surface area is 124 Å². The van der Waals surface area contributed by atoms with Crippen molar-refractivity contribution < 1.29 is 5.11 Å². The fourth-order valence-corrected chi connectivity index (χ4v) is 2.52. The molecule has 20 heavy (non-hydrogen) atoms. The summed E-state index contributed by atoms with van der Waals surface area (Å²) < 4.78 is 2.47. The van der Waals surface area contributed by atoms with Gasteiger partial charge < -0.3 is 5.11 Å². The van der Waals surface area contributed by atoms with Gasteiger partial charge in [-0.1, -0.05) is 63.6 Å². The lowest BCUT2D eigenvalue weighted by molar-refractivity contribution is 0.194. The Balaban J connectivity index is 2.20. The quantitative estimate of drug-likeness (QED) is 0.801. The van der Waals surface area contributed by atoms with Crippen molar-refractivity contribution in [2.24, 2.45) is 0 Å². The highest BCUT2D eigenvalue weighted by Crippen LogP contribution is 2.31. The largest absolute Gasteiger partial charge is 0.374 e. The minimum Gasteiger partial charge on any atom is -0.374 e. The molecule has 0 saturated carbocycles. The topological polar surface area (TPSA) is 50.9 Å². The zero-order valence-corrected chi connectivity index (χ0v) is 12.2. The molecule has 1 N–H and O–H groups in total. The van der Waals surface area contributed by atoms with E-state index in [2.05, 4.69) is 26.2 Å². The van der Waals surface area contributed by atoms with Gasteiger partial charge in [-0.15, -0.1) is 5.10 Å². The van der Waals surface area contributed by atoms with Crippen LogP contribution >= 0.6 is 15.9 Å². The molecule has 1 heterocycles. The maximum atomic E-state index is 9.45. The summed E-state index contributed by atoms with van der Waals surface area (Å²) in [6, 6.07) is 17.7. The summed E-state index contributed by atoms with van der Waals surface area (Å²) in [6.07, 6.45) is 0. The average molecular weight is 330 g/mol. The van der Waals surface area contributed by atoms with Gasteiger partial charge in [-0.2, -0.15) is 0 Å². The van der Waals surface area contributed by atoms with E-state index in [-0.39, 0.29) is 6.73 Å². The Kier molecular flexibility index (Phi) is 3.62. The molecule has 1 aromatic heterocycles. The van der Waals surface area contributed by atoms with Crippen LogP contribution in [0, 0.1) is 0 Å². The van der Waals surface area contributed by atoms with Crippen molar-refractivity contribution >= 4 is 15.9 Å². The predicted octanol–water partition coefficient (Wildman–Crippen LogP) is 3.32. The number of aliphatic hydroxyl groups excluding tert-OH is 1. The van der Waals surface area contributed by atoms with E-state index >= 15 is 0 Å². The highest BCUT2D eigenvalue weighted by Gasteiger charge is 2.16. The van der Waals surface area contributed by atoms with Crippen molar-refractivity contribution in [2.45, 2.75) is 6.73 Å². The molecule has 0 amide bonds. The van der Waals surface area contributed by atoms with Crippen LogP contribution in [0.15, 0.2) is 59.1 Å². The molecule has 0 aliphatic rings. The summed E-state index contributed by atoms with van der Waals surface area (Å²) in [5, 5.41) is 17.7. The van der Waals surface area contributed by atoms with Gasteiger partial charge >= 0.3 is 0 Å². The highest BCUT2D eigenvalue weighted by atomic mass is 79.9. The van der Waals surface area contributed by atoms with E-state index in [0.29, 0.717) is 0 Å². The minimum atomic E-state index is -0.203. The van der Waals surface area contributed by atoms with E-state index in [9.17, 15) is 5.11 Å². The second-order valence-corrected chi connectivity index (χ2v) is 5.22. The summed E-state index contributed by atoms with van der Waals surface area (Å²) in [7, 11) is 0. The molecule has 0 bridgehead atoms. The van der Waals surface area contributed by atoms with E-state index in [4.69, 9.17) is 0 Å². The van der Waals surface area contributed by atoms with Crippen LogP contribution in [0.5, 0.6) is 0 Å². The molecule has 2 aromatic carbocycles. The van der Waals surface area contributed by atoms with E-state index in [1.54, 1.807) is 0 Å². The number of aromatic nitrogens is 3. The van der Waals surface area contributed by atoms with Crippen molar-refractivity contribution in [3.05, 3.63) is 59.1 Å². The zero-order valence-electron chi connectivity index (χ0n) is 10.6. The standard InChI is InChI=1S/C15H12BrN3O/c16-13-8-4-7-12(9-13)14-15(19(10-20)18-17-14)11-5-2-1-3-6-11/h1-9,20H,10H2. The third-order valence-electron chi connectivity index (χ3n) is 3.01. The van der Waals surface area contributed by atoms with E-state index in [0.717, 1.165) is 27.0 Å². The third kappa shape index (κ3) is 2.37. The van der Waals surface area contributed by atoms with Gasteiger partial charge in [0.05, 0.1) is 5.69 Å². The molecule has 100 valence electrons. The third-order valence-corrected chi connectivity index (χ3v) is 3.51. The number of rotatable bonds is 3. The monoisotopic (exact) mass is 329 g/mol. The molecule has 0 aliphatic carbocycles. The predicted molar refractivity (Wildman–Crippen MR) is 80.8 cm³/mol. The van der Waals surface area contributed by atoms with Crippen molar-refractivity contribution in [3.63, 3.8) is 0 Å². The van der Waals surface area contributed by atoms with Crippen molar-refractivity contribution in [1.29, 1.82) is 0 Å². The van der Waals surface area contributed by atoms with Crippen LogP contribution in [0.25, 0.3) is 22.5 Å². The van der Waals surface area contributed by atoms with Crippen LogP contribution < -0.4 is 0 Å². The van der Waals surface area contributed by atoms with Gasteiger partial charge in [-0.25, -0.2) is 4.68 Å². The number of hydrogen-bond donors (Lipinski definition) is 1. The fourth-order valence-electron chi connectivity index (χ4n) is 2.12. The van der Waals surface area contributed by atoms with Gasteiger partial charge in [0.2, 0.25) is 0 Å². The van der Waals surface area contributed by atoms with Crippen LogP contribution in [0.2, 0.25) is 0 Å². The first-order valence-electron chi connectivity index (χ1n) is 6.15. The second kappa shape index (κ2) is 5.56. The van der Waals surface area contributed by atoms with E-state index < -0.39 is 0 Å². The first kappa shape index (κ1) is 13.0. The summed E-state index contributed by atoms with van der Waals surface area (Å²) in [5.74, 6) is 0. The number of halogens is 1. The molecular weight excluding hydrogens is 318 g/mol. The van der Waals surface area contributed by atoms with Crippen LogP contribution in [-0.2, 0) is 6.73 Å². The van der Waals surface area contributed by atoms with Crippen LogP contribution in [0.1, 0.15) is 0 Å². The minimum absolute atomic E-state index is 0.203. The Hall–Kier alpha value is -1.98. The summed E-state index contributed by atoms with van der Waals surface area (Å²) >= 11 is 3.46. The lowest BCUT2D eigenvalue weighted by Crippen LogP contribution is -2.01. The molecular formula is C15H12BrN3O. The molecule has 0 fully saturated rings. The molecule has 0 spiro atoms. The smallest absolute Gasteiger partial charge is 0.138 e. The van der Waals surface area contributed by atoms with E-state index in [1.165, 1.54) is 4.68 Å². The van der Waals surface area contributed by atoms with Crippen molar-refractivity contribution in [2.75, 3.05) is 0 Å². The number of aliphatic hydroxyl groups is 1. The van der Waals surface area contributed by atoms with Gasteiger partial charge in [0.15, 0.2) is 0 Å². The zero-order chi connectivity index (χ0) is 13.9. The van der Waals surface area contributed by atoms with Gasteiger partial charge in [0.25, 0.3) is 0 Å². The number of nitrogens with zero attached hydrogens (tertiary/aromatic N) is 3. The summed E-state index contributed by atoms with van der Waals surface area (Å²) in [6.45, 7) is -0.203. The highest BCUT2D eigenvalue weighted by molar-refractivity contribution is 9.10. The lowest BCUT2D eigenvalue weighted by atomic mass is 10.0. The molecule has 5 heteroatoms. The van der Waals surface area contributed by atoms with Crippen LogP contribution in [0.4, 0.5) is 0 Å². The number of hydrogen-bond acceptors (Lipinski definition) is 3. The lowest BCUT2D eigenvalue weighted by Gasteiger charge is -2.06. The average Bonchev–Trinajstić information content (AvgIpc) is 2.92. The van der Waals surface area contributed by atoms with E-state index in [1.807, 2.05) is 54.6 Å². The second-order valence-electron chi connectivity index (χ2n) is 4.30. The molecule has 0 atom stereocenters. The Bertz CT molecular complexity index is 725. The van der Waals surface area contributed by atoms with Crippen molar-refractivity contribution in [1.82, 2.24) is 15.0 Å². The van der Waals surface area contributed by atoms with Crippen LogP contribution in [-0.4, -0.2) is 20.1 Å². The maximum Gasteiger partial charge on any atom is 0.138 e. The van der Waals surface area contributed by atoms with Crippen LogP contribution in [0.3, 0.4) is 0 Å². The first-order chi connectivity index (χ1) is 9.79. The van der Waals surface area contributed by atoms with Crippen molar-refractivity contribution in [3.8, 4) is 22.5 Å². The molecule has 0 saturated heterocycles. The van der Waals surface area contributed by atoms with Gasteiger partial charge in [0, 0.05) is 15.6 Å². The Morgan fingerprint density at radius 2 is 1.75 bits per heavy atom. The molecule has 0 radical (unpaired) electrons. The number of benzene rings is 2. The van der Waals surface area contributed by atoms with Gasteiger partial charge in [-0.05, 0) is 12.1 Å². The first-order valence-corrected chi connectivity index (χ1v) is 6.94. The fraction of sp³-hybridized carbons (Fsp3) is 0.0667. The Morgan fingerprint density at radius 1 is 1.00 bits per heavy atom.